The monoisotopic (exact) mass is 567 g/mol. The number of piperidine rings is 1. The molecule has 1 aliphatic rings. The highest BCUT2D eigenvalue weighted by atomic mass is 19.1. The number of hydrogen-bond acceptors (Lipinski definition) is 7. The first kappa shape index (κ1) is 27.2. The molecule has 0 bridgehead atoms. The molecule has 5 aromatic rings. The number of imidazole rings is 2. The maximum atomic E-state index is 13.8. The summed E-state index contributed by atoms with van der Waals surface area (Å²) < 4.78 is 31.1. The van der Waals surface area contributed by atoms with Crippen LogP contribution in [0.5, 0.6) is 0 Å². The van der Waals surface area contributed by atoms with Crippen molar-refractivity contribution >= 4 is 17.4 Å². The Bertz CT molecular complexity index is 1800. The number of anilines is 1. The van der Waals surface area contributed by atoms with Crippen molar-refractivity contribution in [3.05, 3.63) is 84.1 Å². The van der Waals surface area contributed by atoms with Crippen molar-refractivity contribution in [2.75, 3.05) is 25.0 Å². The summed E-state index contributed by atoms with van der Waals surface area (Å²) >= 11 is 0. The van der Waals surface area contributed by atoms with Crippen LogP contribution < -0.4 is 5.32 Å². The number of carbonyl (C=O) groups excluding carboxylic acids is 1. The Morgan fingerprint density at radius 3 is 2.62 bits per heavy atom. The quantitative estimate of drug-likeness (QED) is 0.274. The van der Waals surface area contributed by atoms with Crippen LogP contribution >= 0.6 is 0 Å². The van der Waals surface area contributed by atoms with Crippen molar-refractivity contribution in [2.24, 2.45) is 0 Å². The minimum absolute atomic E-state index is 0.121. The Morgan fingerprint density at radius 2 is 1.88 bits per heavy atom. The minimum Gasteiger partial charge on any atom is -0.323 e. The van der Waals surface area contributed by atoms with Crippen LogP contribution in [0.1, 0.15) is 41.5 Å². The summed E-state index contributed by atoms with van der Waals surface area (Å²) in [4.78, 5) is 27.8. The molecule has 1 fully saturated rings. The number of fused-ring (bicyclic) bond motifs is 1. The third-order valence-corrected chi connectivity index (χ3v) is 7.46. The van der Waals surface area contributed by atoms with Gasteiger partial charge in [-0.3, -0.25) is 4.79 Å². The molecule has 0 aliphatic carbocycles. The lowest BCUT2D eigenvalue weighted by Gasteiger charge is -2.33. The number of nitrogens with zero attached hydrogens (tertiary/aromatic N) is 8. The zero-order valence-electron chi connectivity index (χ0n) is 22.8. The van der Waals surface area contributed by atoms with Crippen LogP contribution in [0.25, 0.3) is 28.3 Å². The second-order valence-electron chi connectivity index (χ2n) is 10.2. The molecule has 12 heteroatoms. The predicted molar refractivity (Wildman–Crippen MR) is 151 cm³/mol. The molecule has 212 valence electrons. The zero-order chi connectivity index (χ0) is 29.2. The molecular weight excluding hydrogens is 540 g/mol. The highest BCUT2D eigenvalue weighted by Crippen LogP contribution is 2.37. The normalized spacial score (nSPS) is 14.2. The first-order valence-electron chi connectivity index (χ1n) is 13.6. The molecule has 42 heavy (non-hydrogen) atoms. The van der Waals surface area contributed by atoms with Crippen molar-refractivity contribution in [3.63, 3.8) is 0 Å². The topological polar surface area (TPSA) is 117 Å². The molecule has 0 atom stereocenters. The van der Waals surface area contributed by atoms with Crippen molar-refractivity contribution in [3.8, 4) is 28.7 Å². The Morgan fingerprint density at radius 1 is 1.10 bits per heavy atom. The summed E-state index contributed by atoms with van der Waals surface area (Å²) in [5.41, 5.74) is 3.54. The van der Waals surface area contributed by atoms with Crippen LogP contribution in [-0.2, 0) is 0 Å². The van der Waals surface area contributed by atoms with Gasteiger partial charge in [-0.1, -0.05) is 0 Å². The summed E-state index contributed by atoms with van der Waals surface area (Å²) in [5, 5.41) is 16.5. The van der Waals surface area contributed by atoms with E-state index < -0.39 is 11.9 Å². The molecule has 6 rings (SSSR count). The second kappa shape index (κ2) is 11.5. The fourth-order valence-electron chi connectivity index (χ4n) is 5.46. The molecule has 1 saturated heterocycles. The lowest BCUT2D eigenvalue weighted by atomic mass is 10.0. The molecule has 1 aliphatic heterocycles. The molecule has 0 unspecified atom stereocenters. The minimum atomic E-state index is -0.749. The highest BCUT2D eigenvalue weighted by molar-refractivity contribution is 6.03. The Hall–Kier alpha value is -5.02. The molecule has 1 amide bonds. The van der Waals surface area contributed by atoms with E-state index in [1.165, 1.54) is 24.4 Å². The van der Waals surface area contributed by atoms with Crippen LogP contribution in [0.2, 0.25) is 0 Å². The number of rotatable bonds is 7. The van der Waals surface area contributed by atoms with Crippen molar-refractivity contribution in [2.45, 2.75) is 32.2 Å². The SMILES string of the molecule is Cc1nc(-c2ccc(F)cc2)c(-c2ccc3nc(NC(=O)c4ccnc(F)c4)cn3n2)n1C1CCN(CCC#N)CC1. The van der Waals surface area contributed by atoms with Gasteiger partial charge in [0.25, 0.3) is 5.91 Å². The van der Waals surface area contributed by atoms with Gasteiger partial charge in [0.15, 0.2) is 11.5 Å². The molecule has 10 nitrogen and oxygen atoms in total. The maximum Gasteiger partial charge on any atom is 0.257 e. The van der Waals surface area contributed by atoms with E-state index >= 15 is 0 Å². The van der Waals surface area contributed by atoms with Crippen LogP contribution in [-0.4, -0.2) is 59.6 Å². The van der Waals surface area contributed by atoms with E-state index in [1.807, 2.05) is 13.0 Å². The van der Waals surface area contributed by atoms with Crippen molar-refractivity contribution in [1.29, 1.82) is 5.26 Å². The van der Waals surface area contributed by atoms with Crippen LogP contribution in [0, 0.1) is 30.0 Å². The van der Waals surface area contributed by atoms with Gasteiger partial charge < -0.3 is 14.8 Å². The summed E-state index contributed by atoms with van der Waals surface area (Å²) in [7, 11) is 0. The smallest absolute Gasteiger partial charge is 0.257 e. The Balaban J connectivity index is 1.36. The van der Waals surface area contributed by atoms with Gasteiger partial charge in [-0.2, -0.15) is 14.8 Å². The summed E-state index contributed by atoms with van der Waals surface area (Å²) in [6.07, 6.45) is 5.09. The summed E-state index contributed by atoms with van der Waals surface area (Å²) in [6, 6.07) is 14.8. The molecule has 1 N–H and O–H groups in total. The average Bonchev–Trinajstić information content (AvgIpc) is 3.56. The Labute approximate surface area is 240 Å². The highest BCUT2D eigenvalue weighted by Gasteiger charge is 2.28. The average molecular weight is 568 g/mol. The molecule has 0 radical (unpaired) electrons. The van der Waals surface area contributed by atoms with E-state index in [-0.39, 0.29) is 23.2 Å². The van der Waals surface area contributed by atoms with E-state index in [9.17, 15) is 13.6 Å². The van der Waals surface area contributed by atoms with Gasteiger partial charge in [0, 0.05) is 55.5 Å². The first-order chi connectivity index (χ1) is 20.4. The fourth-order valence-corrected chi connectivity index (χ4v) is 5.46. The first-order valence-corrected chi connectivity index (χ1v) is 13.6. The number of benzene rings is 1. The molecular formula is C30H27F2N9O. The van der Waals surface area contributed by atoms with E-state index in [0.717, 1.165) is 55.6 Å². The summed E-state index contributed by atoms with van der Waals surface area (Å²) in [5.74, 6) is -0.517. The molecule has 4 aromatic heterocycles. The van der Waals surface area contributed by atoms with Gasteiger partial charge in [-0.15, -0.1) is 0 Å². The number of halogens is 2. The van der Waals surface area contributed by atoms with E-state index in [2.05, 4.69) is 30.8 Å². The van der Waals surface area contributed by atoms with Gasteiger partial charge in [0.05, 0.1) is 23.7 Å². The fraction of sp³-hybridized carbons (Fsp3) is 0.267. The largest absolute Gasteiger partial charge is 0.323 e. The van der Waals surface area contributed by atoms with Crippen LogP contribution in [0.3, 0.4) is 0 Å². The molecule has 1 aromatic carbocycles. The lowest BCUT2D eigenvalue weighted by molar-refractivity contribution is 0.102. The van der Waals surface area contributed by atoms with Crippen molar-refractivity contribution in [1.82, 2.24) is 34.0 Å². The third-order valence-electron chi connectivity index (χ3n) is 7.46. The van der Waals surface area contributed by atoms with Gasteiger partial charge in [-0.25, -0.2) is 23.9 Å². The van der Waals surface area contributed by atoms with E-state index in [0.29, 0.717) is 23.5 Å². The number of hydrogen-bond donors (Lipinski definition) is 1. The van der Waals surface area contributed by atoms with Crippen LogP contribution in [0.15, 0.2) is 60.9 Å². The van der Waals surface area contributed by atoms with Gasteiger partial charge >= 0.3 is 0 Å². The van der Waals surface area contributed by atoms with Gasteiger partial charge in [0.2, 0.25) is 5.95 Å². The predicted octanol–water partition coefficient (Wildman–Crippen LogP) is 5.04. The number of nitrogens with one attached hydrogen (secondary N) is 1. The number of pyridine rings is 1. The number of aromatic nitrogens is 6. The number of likely N-dealkylation sites (tertiary alicyclic amines) is 1. The zero-order valence-corrected chi connectivity index (χ0v) is 22.8. The number of aryl methyl sites for hydroxylation is 1. The number of carbonyl (C=O) groups is 1. The number of nitriles is 1. The maximum absolute atomic E-state index is 13.8. The van der Waals surface area contributed by atoms with E-state index in [1.54, 1.807) is 28.9 Å². The Kier molecular flexibility index (Phi) is 7.41. The molecule has 0 saturated carbocycles. The van der Waals surface area contributed by atoms with Crippen molar-refractivity contribution < 1.29 is 13.6 Å². The third kappa shape index (κ3) is 5.46. The molecule has 5 heterocycles. The lowest BCUT2D eigenvalue weighted by Crippen LogP contribution is -2.35. The van der Waals surface area contributed by atoms with Crippen LogP contribution in [0.4, 0.5) is 14.6 Å². The summed E-state index contributed by atoms with van der Waals surface area (Å²) in [6.45, 7) is 4.46. The van der Waals surface area contributed by atoms with Gasteiger partial charge in [-0.05, 0) is 62.2 Å². The standard InChI is InChI=1S/C30H27F2N9O/c1-19-35-28(20-3-5-22(31)6-4-20)29(41(19)23-10-15-39(16-11-23)14-2-12-33)24-7-8-27-36-26(18-40(27)38-24)37-30(42)21-9-13-34-25(32)17-21/h3-9,13,17-18,23H,2,10-11,14-16H2,1H3,(H,37,42). The van der Waals surface area contributed by atoms with Gasteiger partial charge in [0.1, 0.15) is 17.3 Å². The number of amides is 1. The molecule has 0 spiro atoms. The van der Waals surface area contributed by atoms with E-state index in [4.69, 9.17) is 15.3 Å². The second-order valence-corrected chi connectivity index (χ2v) is 10.2.